The van der Waals surface area contributed by atoms with Gasteiger partial charge in [-0.15, -0.1) is 0 Å². The molecule has 5 heteroatoms. The summed E-state index contributed by atoms with van der Waals surface area (Å²) in [5.41, 5.74) is 0.131. The van der Waals surface area contributed by atoms with E-state index >= 15 is 0 Å². The lowest BCUT2D eigenvalue weighted by Gasteiger charge is -2.33. The van der Waals surface area contributed by atoms with Gasteiger partial charge in [0.15, 0.2) is 5.78 Å². The van der Waals surface area contributed by atoms with Crippen molar-refractivity contribution in [1.29, 1.82) is 0 Å². The van der Waals surface area contributed by atoms with Crippen LogP contribution in [0.25, 0.3) is 0 Å². The summed E-state index contributed by atoms with van der Waals surface area (Å²) in [6.07, 6.45) is 1.26. The second kappa shape index (κ2) is 7.02. The van der Waals surface area contributed by atoms with Crippen molar-refractivity contribution in [2.45, 2.75) is 39.2 Å². The lowest BCUT2D eigenvalue weighted by atomic mass is 9.90. The number of benzene rings is 1. The molecule has 1 amide bonds. The van der Waals surface area contributed by atoms with Crippen molar-refractivity contribution in [3.05, 3.63) is 29.8 Å². The minimum atomic E-state index is -0.524. The van der Waals surface area contributed by atoms with Gasteiger partial charge in [0.05, 0.1) is 7.11 Å². The van der Waals surface area contributed by atoms with Crippen LogP contribution in [-0.2, 0) is 4.74 Å². The zero-order valence-electron chi connectivity index (χ0n) is 14.3. The second-order valence-corrected chi connectivity index (χ2v) is 6.86. The molecule has 23 heavy (non-hydrogen) atoms. The van der Waals surface area contributed by atoms with Crippen molar-refractivity contribution in [2.75, 3.05) is 20.2 Å². The van der Waals surface area contributed by atoms with Crippen LogP contribution in [0.2, 0.25) is 0 Å². The summed E-state index contributed by atoms with van der Waals surface area (Å²) in [6.45, 7) is 6.58. The standard InChI is InChI=1S/C18H25NO4/c1-18(2,3)23-17(21)19-11-5-6-14(12-19)16(20)13-7-9-15(22-4)10-8-13/h7-10,14H,5-6,11-12H2,1-4H3/t14-/m1/s1. The van der Waals surface area contributed by atoms with Crippen LogP contribution in [0, 0.1) is 5.92 Å². The molecule has 1 atom stereocenters. The summed E-state index contributed by atoms with van der Waals surface area (Å²) < 4.78 is 10.5. The Morgan fingerprint density at radius 1 is 1.17 bits per heavy atom. The monoisotopic (exact) mass is 319 g/mol. The van der Waals surface area contributed by atoms with Gasteiger partial charge in [-0.25, -0.2) is 4.79 Å². The first-order valence-corrected chi connectivity index (χ1v) is 7.96. The number of likely N-dealkylation sites (tertiary alicyclic amines) is 1. The zero-order valence-corrected chi connectivity index (χ0v) is 14.3. The topological polar surface area (TPSA) is 55.8 Å². The molecule has 0 bridgehead atoms. The summed E-state index contributed by atoms with van der Waals surface area (Å²) in [4.78, 5) is 26.5. The first-order chi connectivity index (χ1) is 10.8. The van der Waals surface area contributed by atoms with Gasteiger partial charge in [0.2, 0.25) is 0 Å². The van der Waals surface area contributed by atoms with E-state index in [1.54, 1.807) is 36.3 Å². The van der Waals surface area contributed by atoms with Gasteiger partial charge in [0.1, 0.15) is 11.4 Å². The van der Waals surface area contributed by atoms with Crippen LogP contribution in [-0.4, -0.2) is 42.6 Å². The quantitative estimate of drug-likeness (QED) is 0.800. The maximum Gasteiger partial charge on any atom is 0.410 e. The Morgan fingerprint density at radius 3 is 2.39 bits per heavy atom. The third-order valence-corrected chi connectivity index (χ3v) is 3.82. The summed E-state index contributed by atoms with van der Waals surface area (Å²) >= 11 is 0. The van der Waals surface area contributed by atoms with Gasteiger partial charge < -0.3 is 14.4 Å². The van der Waals surface area contributed by atoms with E-state index in [1.807, 2.05) is 20.8 Å². The smallest absolute Gasteiger partial charge is 0.410 e. The molecule has 1 aliphatic heterocycles. The van der Waals surface area contributed by atoms with Crippen molar-refractivity contribution < 1.29 is 19.1 Å². The molecule has 0 unspecified atom stereocenters. The minimum Gasteiger partial charge on any atom is -0.497 e. The van der Waals surface area contributed by atoms with Gasteiger partial charge >= 0.3 is 6.09 Å². The fraction of sp³-hybridized carbons (Fsp3) is 0.556. The summed E-state index contributed by atoms with van der Waals surface area (Å²) in [7, 11) is 1.59. The Morgan fingerprint density at radius 2 is 1.83 bits per heavy atom. The largest absolute Gasteiger partial charge is 0.497 e. The molecular weight excluding hydrogens is 294 g/mol. The van der Waals surface area contributed by atoms with Crippen LogP contribution in [0.4, 0.5) is 4.79 Å². The predicted molar refractivity (Wildman–Crippen MR) is 87.9 cm³/mol. The highest BCUT2D eigenvalue weighted by molar-refractivity contribution is 5.98. The number of carbonyl (C=O) groups excluding carboxylic acids is 2. The molecule has 0 spiro atoms. The van der Waals surface area contributed by atoms with Gasteiger partial charge in [-0.1, -0.05) is 0 Å². The minimum absolute atomic E-state index is 0.0703. The Hall–Kier alpha value is -2.04. The molecule has 2 rings (SSSR count). The number of rotatable bonds is 3. The van der Waals surface area contributed by atoms with Crippen molar-refractivity contribution in [1.82, 2.24) is 4.90 Å². The molecule has 1 aromatic carbocycles. The Balaban J connectivity index is 2.02. The number of piperidine rings is 1. The van der Waals surface area contributed by atoms with Crippen molar-refractivity contribution >= 4 is 11.9 Å². The van der Waals surface area contributed by atoms with E-state index in [-0.39, 0.29) is 17.8 Å². The summed E-state index contributed by atoms with van der Waals surface area (Å²) in [5, 5.41) is 0. The summed E-state index contributed by atoms with van der Waals surface area (Å²) in [5.74, 6) is 0.617. The second-order valence-electron chi connectivity index (χ2n) is 6.86. The Bertz CT molecular complexity index is 559. The van der Waals surface area contributed by atoms with E-state index in [0.29, 0.717) is 18.7 Å². The van der Waals surface area contributed by atoms with E-state index in [2.05, 4.69) is 0 Å². The van der Waals surface area contributed by atoms with Crippen LogP contribution < -0.4 is 4.74 Å². The van der Waals surface area contributed by atoms with Crippen LogP contribution in [0.15, 0.2) is 24.3 Å². The molecule has 1 fully saturated rings. The number of hydrogen-bond acceptors (Lipinski definition) is 4. The number of ether oxygens (including phenoxy) is 2. The van der Waals surface area contributed by atoms with E-state index in [4.69, 9.17) is 9.47 Å². The van der Waals surface area contributed by atoms with E-state index in [0.717, 1.165) is 18.6 Å². The molecule has 126 valence electrons. The highest BCUT2D eigenvalue weighted by Crippen LogP contribution is 2.23. The lowest BCUT2D eigenvalue weighted by molar-refractivity contribution is 0.0172. The molecule has 0 aliphatic carbocycles. The van der Waals surface area contributed by atoms with E-state index in [9.17, 15) is 9.59 Å². The van der Waals surface area contributed by atoms with Gasteiger partial charge in [0.25, 0.3) is 0 Å². The van der Waals surface area contributed by atoms with Gasteiger partial charge in [-0.3, -0.25) is 4.79 Å². The molecule has 0 saturated carbocycles. The summed E-state index contributed by atoms with van der Waals surface area (Å²) in [6, 6.07) is 7.10. The fourth-order valence-corrected chi connectivity index (χ4v) is 2.67. The molecular formula is C18H25NO4. The first-order valence-electron chi connectivity index (χ1n) is 7.96. The fourth-order valence-electron chi connectivity index (χ4n) is 2.67. The number of amides is 1. The maximum absolute atomic E-state index is 12.6. The lowest BCUT2D eigenvalue weighted by Crippen LogP contribution is -2.44. The zero-order chi connectivity index (χ0) is 17.0. The van der Waals surface area contributed by atoms with Gasteiger partial charge in [-0.05, 0) is 57.9 Å². The van der Waals surface area contributed by atoms with Crippen molar-refractivity contribution in [2.24, 2.45) is 5.92 Å². The SMILES string of the molecule is COc1ccc(C(=O)[C@@H]2CCCN(C(=O)OC(C)(C)C)C2)cc1. The third kappa shape index (κ3) is 4.71. The van der Waals surface area contributed by atoms with E-state index in [1.165, 1.54) is 0 Å². The number of methoxy groups -OCH3 is 1. The number of ketones is 1. The van der Waals surface area contributed by atoms with Crippen LogP contribution in [0.5, 0.6) is 5.75 Å². The highest BCUT2D eigenvalue weighted by atomic mass is 16.6. The van der Waals surface area contributed by atoms with Crippen LogP contribution >= 0.6 is 0 Å². The Kier molecular flexibility index (Phi) is 5.29. The van der Waals surface area contributed by atoms with Crippen molar-refractivity contribution in [3.8, 4) is 5.75 Å². The highest BCUT2D eigenvalue weighted by Gasteiger charge is 2.31. The predicted octanol–water partition coefficient (Wildman–Crippen LogP) is 3.53. The van der Waals surface area contributed by atoms with Gasteiger partial charge in [-0.2, -0.15) is 0 Å². The molecule has 0 radical (unpaired) electrons. The Labute approximate surface area is 137 Å². The van der Waals surface area contributed by atoms with E-state index < -0.39 is 5.60 Å². The normalized spacial score (nSPS) is 18.4. The first kappa shape index (κ1) is 17.3. The van der Waals surface area contributed by atoms with Crippen molar-refractivity contribution in [3.63, 3.8) is 0 Å². The number of hydrogen-bond donors (Lipinski definition) is 0. The maximum atomic E-state index is 12.6. The molecule has 0 N–H and O–H groups in total. The number of Topliss-reactive ketones (excluding diaryl/α,β-unsaturated/α-hetero) is 1. The average Bonchev–Trinajstić information content (AvgIpc) is 2.53. The van der Waals surface area contributed by atoms with Crippen LogP contribution in [0.1, 0.15) is 44.0 Å². The molecule has 1 aromatic rings. The van der Waals surface area contributed by atoms with Gasteiger partial charge in [0, 0.05) is 24.6 Å². The van der Waals surface area contributed by atoms with Crippen LogP contribution in [0.3, 0.4) is 0 Å². The molecule has 1 heterocycles. The number of nitrogens with zero attached hydrogens (tertiary/aromatic N) is 1. The molecule has 1 saturated heterocycles. The molecule has 5 nitrogen and oxygen atoms in total. The third-order valence-electron chi connectivity index (χ3n) is 3.82. The molecule has 0 aromatic heterocycles. The molecule has 1 aliphatic rings. The average molecular weight is 319 g/mol. The number of carbonyl (C=O) groups is 2.